The van der Waals surface area contributed by atoms with Crippen molar-refractivity contribution in [2.75, 3.05) is 25.5 Å². The van der Waals surface area contributed by atoms with E-state index in [-0.39, 0.29) is 11.6 Å². The summed E-state index contributed by atoms with van der Waals surface area (Å²) in [5.41, 5.74) is 0.509. The number of nitro benzene ring substituents is 1. The maximum atomic E-state index is 10.7. The Morgan fingerprint density at radius 2 is 2.17 bits per heavy atom. The van der Waals surface area contributed by atoms with E-state index in [2.05, 4.69) is 10.6 Å². The van der Waals surface area contributed by atoms with Gasteiger partial charge in [-0.25, -0.2) is 0 Å². The van der Waals surface area contributed by atoms with E-state index in [0.717, 1.165) is 0 Å². The number of nitrogens with zero attached hydrogens (tertiary/aromatic N) is 1. The van der Waals surface area contributed by atoms with Crippen LogP contribution in [0.5, 0.6) is 5.75 Å². The quantitative estimate of drug-likeness (QED) is 0.450. The minimum absolute atomic E-state index is 0.0159. The second kappa shape index (κ2) is 6.43. The number of hydrogen-bond donors (Lipinski definition) is 2. The Morgan fingerprint density at radius 3 is 2.72 bits per heavy atom. The van der Waals surface area contributed by atoms with Crippen LogP contribution < -0.4 is 15.4 Å². The fraction of sp³-hybridized carbons (Fsp3) is 0.364. The molecule has 2 N–H and O–H groups in total. The molecular formula is C11H15N3O4. The highest BCUT2D eigenvalue weighted by atomic mass is 16.6. The third-order valence-corrected chi connectivity index (χ3v) is 2.21. The first-order valence-electron chi connectivity index (χ1n) is 5.35. The fourth-order valence-electron chi connectivity index (χ4n) is 1.38. The number of anilines is 1. The summed E-state index contributed by atoms with van der Waals surface area (Å²) < 4.78 is 5.09. The number of ether oxygens (including phenoxy) is 1. The first kappa shape index (κ1) is 13.8. The molecular weight excluding hydrogens is 238 g/mol. The molecule has 0 atom stereocenters. The van der Waals surface area contributed by atoms with Gasteiger partial charge in [-0.1, -0.05) is 0 Å². The van der Waals surface area contributed by atoms with Gasteiger partial charge >= 0.3 is 0 Å². The maximum absolute atomic E-state index is 10.7. The van der Waals surface area contributed by atoms with E-state index >= 15 is 0 Å². The number of rotatable bonds is 6. The SMILES string of the molecule is COc1ccc([N+](=O)[O-])cc1NCCNC(C)=O. The van der Waals surface area contributed by atoms with Gasteiger partial charge in [0.2, 0.25) is 5.91 Å². The van der Waals surface area contributed by atoms with Gasteiger partial charge in [0.25, 0.3) is 5.69 Å². The molecule has 0 spiro atoms. The molecule has 0 aromatic heterocycles. The van der Waals surface area contributed by atoms with Gasteiger partial charge in [0.05, 0.1) is 17.7 Å². The van der Waals surface area contributed by atoms with Crippen LogP contribution in [0.4, 0.5) is 11.4 Å². The van der Waals surface area contributed by atoms with Crippen LogP contribution in [0.15, 0.2) is 18.2 Å². The van der Waals surface area contributed by atoms with Crippen LogP contribution in [0.25, 0.3) is 0 Å². The zero-order chi connectivity index (χ0) is 13.5. The van der Waals surface area contributed by atoms with Crippen LogP contribution in [-0.2, 0) is 4.79 Å². The highest BCUT2D eigenvalue weighted by molar-refractivity contribution is 5.72. The Kier molecular flexibility index (Phi) is 4.91. The zero-order valence-corrected chi connectivity index (χ0v) is 10.2. The van der Waals surface area contributed by atoms with Crippen molar-refractivity contribution < 1.29 is 14.5 Å². The van der Waals surface area contributed by atoms with E-state index in [9.17, 15) is 14.9 Å². The van der Waals surface area contributed by atoms with Crippen molar-refractivity contribution in [3.8, 4) is 5.75 Å². The third kappa shape index (κ3) is 3.93. The molecule has 1 amide bonds. The summed E-state index contributed by atoms with van der Waals surface area (Å²) in [6.45, 7) is 2.31. The second-order valence-corrected chi connectivity index (χ2v) is 3.55. The lowest BCUT2D eigenvalue weighted by molar-refractivity contribution is -0.384. The van der Waals surface area contributed by atoms with E-state index in [1.165, 1.54) is 32.2 Å². The number of amides is 1. The minimum atomic E-state index is -0.474. The molecule has 0 bridgehead atoms. The molecule has 1 aromatic rings. The maximum Gasteiger partial charge on any atom is 0.271 e. The van der Waals surface area contributed by atoms with Crippen molar-refractivity contribution >= 4 is 17.3 Å². The van der Waals surface area contributed by atoms with Crippen LogP contribution in [-0.4, -0.2) is 31.0 Å². The summed E-state index contributed by atoms with van der Waals surface area (Å²) in [7, 11) is 1.49. The zero-order valence-electron chi connectivity index (χ0n) is 10.2. The number of carbonyl (C=O) groups is 1. The van der Waals surface area contributed by atoms with Gasteiger partial charge in [-0.2, -0.15) is 0 Å². The van der Waals surface area contributed by atoms with E-state index in [1.807, 2.05) is 0 Å². The fourth-order valence-corrected chi connectivity index (χ4v) is 1.38. The monoisotopic (exact) mass is 253 g/mol. The molecule has 0 saturated carbocycles. The summed E-state index contributed by atoms with van der Waals surface area (Å²) >= 11 is 0. The smallest absolute Gasteiger partial charge is 0.271 e. The lowest BCUT2D eigenvalue weighted by Gasteiger charge is -2.10. The van der Waals surface area contributed by atoms with Crippen LogP contribution in [0, 0.1) is 10.1 Å². The van der Waals surface area contributed by atoms with Crippen LogP contribution >= 0.6 is 0 Å². The Labute approximate surface area is 104 Å². The second-order valence-electron chi connectivity index (χ2n) is 3.55. The predicted molar refractivity (Wildman–Crippen MR) is 66.8 cm³/mol. The van der Waals surface area contributed by atoms with Gasteiger partial charge in [-0.3, -0.25) is 14.9 Å². The Bertz CT molecular complexity index is 448. The third-order valence-electron chi connectivity index (χ3n) is 2.21. The average Bonchev–Trinajstić information content (AvgIpc) is 2.34. The molecule has 0 fully saturated rings. The molecule has 98 valence electrons. The van der Waals surface area contributed by atoms with E-state index in [0.29, 0.717) is 24.5 Å². The number of hydrogen-bond acceptors (Lipinski definition) is 5. The van der Waals surface area contributed by atoms with Gasteiger partial charge < -0.3 is 15.4 Å². The summed E-state index contributed by atoms with van der Waals surface area (Å²) in [6.07, 6.45) is 0. The van der Waals surface area contributed by atoms with Gasteiger partial charge in [-0.15, -0.1) is 0 Å². The Balaban J connectivity index is 2.69. The van der Waals surface area contributed by atoms with Crippen molar-refractivity contribution in [3.63, 3.8) is 0 Å². The van der Waals surface area contributed by atoms with E-state index in [1.54, 1.807) is 0 Å². The summed E-state index contributed by atoms with van der Waals surface area (Å²) in [5.74, 6) is 0.395. The highest BCUT2D eigenvalue weighted by Gasteiger charge is 2.10. The van der Waals surface area contributed by atoms with Gasteiger partial charge in [-0.05, 0) is 6.07 Å². The Morgan fingerprint density at radius 1 is 1.44 bits per heavy atom. The molecule has 0 unspecified atom stereocenters. The summed E-state index contributed by atoms with van der Waals surface area (Å²) in [6, 6.07) is 4.29. The van der Waals surface area contributed by atoms with Gasteiger partial charge in [0.1, 0.15) is 5.75 Å². The standard InChI is InChI=1S/C11H15N3O4/c1-8(15)12-5-6-13-10-7-9(14(16)17)3-4-11(10)18-2/h3-4,7,13H,5-6H2,1-2H3,(H,12,15). The van der Waals surface area contributed by atoms with Crippen LogP contribution in [0.1, 0.15) is 6.92 Å². The molecule has 1 rings (SSSR count). The highest BCUT2D eigenvalue weighted by Crippen LogP contribution is 2.28. The molecule has 7 nitrogen and oxygen atoms in total. The Hall–Kier alpha value is -2.31. The van der Waals surface area contributed by atoms with E-state index < -0.39 is 4.92 Å². The van der Waals surface area contributed by atoms with Crippen molar-refractivity contribution in [2.45, 2.75) is 6.92 Å². The molecule has 7 heteroatoms. The topological polar surface area (TPSA) is 93.5 Å². The van der Waals surface area contributed by atoms with Gasteiger partial charge in [0, 0.05) is 32.1 Å². The van der Waals surface area contributed by atoms with Crippen molar-refractivity contribution in [3.05, 3.63) is 28.3 Å². The first-order valence-corrected chi connectivity index (χ1v) is 5.35. The van der Waals surface area contributed by atoms with E-state index in [4.69, 9.17) is 4.74 Å². The molecule has 1 aromatic carbocycles. The van der Waals surface area contributed by atoms with Crippen molar-refractivity contribution in [1.82, 2.24) is 5.32 Å². The molecule has 0 heterocycles. The lowest BCUT2D eigenvalue weighted by Crippen LogP contribution is -2.26. The summed E-state index contributed by atoms with van der Waals surface area (Å²) in [4.78, 5) is 20.8. The van der Waals surface area contributed by atoms with Gasteiger partial charge in [0.15, 0.2) is 0 Å². The number of benzene rings is 1. The molecule has 0 aliphatic rings. The average molecular weight is 253 g/mol. The summed E-state index contributed by atoms with van der Waals surface area (Å²) in [5, 5.41) is 16.2. The number of methoxy groups -OCH3 is 1. The predicted octanol–water partition coefficient (Wildman–Crippen LogP) is 1.15. The molecule has 0 aliphatic carbocycles. The van der Waals surface area contributed by atoms with Crippen molar-refractivity contribution in [1.29, 1.82) is 0 Å². The number of carbonyl (C=O) groups excluding carboxylic acids is 1. The minimum Gasteiger partial charge on any atom is -0.495 e. The number of nitro groups is 1. The number of nitrogens with one attached hydrogen (secondary N) is 2. The normalized spacial score (nSPS) is 9.67. The molecule has 18 heavy (non-hydrogen) atoms. The molecule has 0 aliphatic heterocycles. The first-order chi connectivity index (χ1) is 8.54. The molecule has 0 radical (unpaired) electrons. The largest absolute Gasteiger partial charge is 0.495 e. The van der Waals surface area contributed by atoms with Crippen LogP contribution in [0.3, 0.4) is 0 Å². The number of non-ortho nitro benzene ring substituents is 1. The van der Waals surface area contributed by atoms with Crippen LogP contribution in [0.2, 0.25) is 0 Å². The lowest BCUT2D eigenvalue weighted by atomic mass is 10.2. The van der Waals surface area contributed by atoms with Crippen molar-refractivity contribution in [2.24, 2.45) is 0 Å². The molecule has 0 saturated heterocycles.